The fourth-order valence-corrected chi connectivity index (χ4v) is 3.86. The molecule has 0 radical (unpaired) electrons. The van der Waals surface area contributed by atoms with Crippen molar-refractivity contribution >= 4 is 51.1 Å². The van der Waals surface area contributed by atoms with Crippen molar-refractivity contribution in [3.63, 3.8) is 0 Å². The number of carboxylic acids is 1. The molecule has 9 heteroatoms. The van der Waals surface area contributed by atoms with Gasteiger partial charge in [0.05, 0.1) is 5.56 Å². The molecule has 158 valence electrons. The molecular weight excluding hydrogens is 484 g/mol. The third-order valence-electron chi connectivity index (χ3n) is 4.15. The van der Waals surface area contributed by atoms with Crippen molar-refractivity contribution in [3.8, 4) is 5.75 Å². The lowest BCUT2D eigenvalue weighted by atomic mass is 10.1. The summed E-state index contributed by atoms with van der Waals surface area (Å²) in [6.07, 6.45) is 1.38. The number of carbonyl (C=O) groups excluding carboxylic acids is 2. The summed E-state index contributed by atoms with van der Waals surface area (Å²) >= 11 is 4.62. The number of aromatic hydroxyl groups is 1. The Morgan fingerprint density at radius 1 is 1.03 bits per heavy atom. The van der Waals surface area contributed by atoms with Gasteiger partial charge in [0.1, 0.15) is 11.4 Å². The molecule has 1 aromatic heterocycles. The van der Waals surface area contributed by atoms with Crippen molar-refractivity contribution in [2.24, 2.45) is 0 Å². The lowest BCUT2D eigenvalue weighted by molar-refractivity contribution is -0.132. The molecule has 7 nitrogen and oxygen atoms in total. The smallest absolute Gasteiger partial charge is 0.352 e. The number of hydrogen-bond acceptors (Lipinski definition) is 5. The second-order valence-corrected chi connectivity index (χ2v) is 8.21. The van der Waals surface area contributed by atoms with Crippen LogP contribution in [0.5, 0.6) is 5.75 Å². The normalized spacial score (nSPS) is 11.1. The van der Waals surface area contributed by atoms with Gasteiger partial charge in [0, 0.05) is 21.5 Å². The molecule has 1 heterocycles. The van der Waals surface area contributed by atoms with Crippen LogP contribution in [0.1, 0.15) is 31.2 Å². The summed E-state index contributed by atoms with van der Waals surface area (Å²) in [4.78, 5) is 37.1. The summed E-state index contributed by atoms with van der Waals surface area (Å²) in [7, 11) is 0. The molecule has 0 saturated carbocycles. The minimum Gasteiger partial charge on any atom is -0.508 e. The second-order valence-electron chi connectivity index (χ2n) is 6.38. The lowest BCUT2D eigenvalue weighted by Gasteiger charge is -2.10. The van der Waals surface area contributed by atoms with E-state index in [4.69, 9.17) is 0 Å². The maximum Gasteiger partial charge on any atom is 0.352 e. The number of rotatable bonds is 7. The molecule has 0 fully saturated rings. The number of hydrogen-bond donors (Lipinski definition) is 4. The Labute approximate surface area is 190 Å². The zero-order valence-electron chi connectivity index (χ0n) is 16.0. The molecule has 0 atom stereocenters. The molecule has 3 aromatic rings. The van der Waals surface area contributed by atoms with Crippen molar-refractivity contribution in [2.75, 3.05) is 0 Å². The van der Waals surface area contributed by atoms with Gasteiger partial charge in [-0.1, -0.05) is 18.2 Å². The van der Waals surface area contributed by atoms with Gasteiger partial charge in [0.2, 0.25) is 0 Å². The van der Waals surface area contributed by atoms with Gasteiger partial charge in [-0.3, -0.25) is 9.59 Å². The Balaban J connectivity index is 1.69. The number of amides is 2. The van der Waals surface area contributed by atoms with Crippen LogP contribution < -0.4 is 10.6 Å². The third kappa shape index (κ3) is 6.03. The largest absolute Gasteiger partial charge is 0.508 e. The molecule has 0 saturated heterocycles. The first-order chi connectivity index (χ1) is 14.8. The van der Waals surface area contributed by atoms with Gasteiger partial charge in [0.15, 0.2) is 0 Å². The number of carboxylic acid groups (broad SMARTS) is 1. The molecule has 0 aliphatic heterocycles. The highest BCUT2D eigenvalue weighted by Gasteiger charge is 2.17. The second kappa shape index (κ2) is 10.1. The minimum atomic E-state index is -1.26. The molecule has 2 aromatic carbocycles. The quantitative estimate of drug-likeness (QED) is 0.366. The maximum atomic E-state index is 12.6. The van der Waals surface area contributed by atoms with Crippen molar-refractivity contribution in [3.05, 3.63) is 91.7 Å². The highest BCUT2D eigenvalue weighted by molar-refractivity contribution is 9.10. The Kier molecular flexibility index (Phi) is 7.22. The predicted octanol–water partition coefficient (Wildman–Crippen LogP) is 4.00. The molecule has 3 rings (SSSR count). The number of halogens is 1. The SMILES string of the molecule is O=C(O)/C(=C/c1cccs1)NC(=O)c1ccc(C(=O)NCc2cccc(O)c2)cc1Br. The van der Waals surface area contributed by atoms with Gasteiger partial charge in [-0.25, -0.2) is 4.79 Å². The molecule has 0 aliphatic carbocycles. The molecule has 2 amide bonds. The van der Waals surface area contributed by atoms with E-state index in [2.05, 4.69) is 26.6 Å². The highest BCUT2D eigenvalue weighted by atomic mass is 79.9. The van der Waals surface area contributed by atoms with Crippen LogP contribution in [0.4, 0.5) is 0 Å². The number of benzene rings is 2. The fourth-order valence-electron chi connectivity index (χ4n) is 2.65. The number of phenols is 1. The number of nitrogens with one attached hydrogen (secondary N) is 2. The van der Waals surface area contributed by atoms with E-state index < -0.39 is 11.9 Å². The molecule has 4 N–H and O–H groups in total. The molecule has 31 heavy (non-hydrogen) atoms. The van der Waals surface area contributed by atoms with Gasteiger partial charge >= 0.3 is 5.97 Å². The Bertz CT molecular complexity index is 1160. The van der Waals surface area contributed by atoms with E-state index in [1.54, 1.807) is 35.7 Å². The first-order valence-corrected chi connectivity index (χ1v) is 10.7. The van der Waals surface area contributed by atoms with E-state index in [1.165, 1.54) is 41.7 Å². The monoisotopic (exact) mass is 500 g/mol. The topological polar surface area (TPSA) is 116 Å². The third-order valence-corrected chi connectivity index (χ3v) is 5.62. The van der Waals surface area contributed by atoms with E-state index in [0.29, 0.717) is 14.9 Å². The zero-order valence-corrected chi connectivity index (χ0v) is 18.4. The van der Waals surface area contributed by atoms with Crippen molar-refractivity contribution in [2.45, 2.75) is 6.54 Å². The lowest BCUT2D eigenvalue weighted by Crippen LogP contribution is -2.28. The van der Waals surface area contributed by atoms with Crippen molar-refractivity contribution in [1.29, 1.82) is 0 Å². The van der Waals surface area contributed by atoms with E-state index in [-0.39, 0.29) is 29.5 Å². The summed E-state index contributed by atoms with van der Waals surface area (Å²) < 4.78 is 0.343. The number of phenolic OH excluding ortho intramolecular Hbond substituents is 1. The molecule has 0 bridgehead atoms. The van der Waals surface area contributed by atoms with Gasteiger partial charge in [-0.15, -0.1) is 11.3 Å². The Hall–Kier alpha value is -3.43. The number of aliphatic carboxylic acids is 1. The van der Waals surface area contributed by atoms with Gasteiger partial charge in [-0.2, -0.15) is 0 Å². The van der Waals surface area contributed by atoms with Crippen LogP contribution in [0.3, 0.4) is 0 Å². The van der Waals surface area contributed by atoms with Crippen LogP contribution in [0.2, 0.25) is 0 Å². The van der Waals surface area contributed by atoms with Crippen LogP contribution in [-0.4, -0.2) is 28.0 Å². The summed E-state index contributed by atoms with van der Waals surface area (Å²) in [5, 5.41) is 25.8. The molecule has 0 unspecified atom stereocenters. The molecule has 0 spiro atoms. The Morgan fingerprint density at radius 2 is 1.84 bits per heavy atom. The fraction of sp³-hybridized carbons (Fsp3) is 0.0455. The van der Waals surface area contributed by atoms with Crippen LogP contribution in [0.15, 0.2) is 70.1 Å². The number of carbonyl (C=O) groups is 3. The summed E-state index contributed by atoms with van der Waals surface area (Å²) in [5.41, 5.74) is 0.980. The van der Waals surface area contributed by atoms with Gasteiger partial charge in [-0.05, 0) is 69.3 Å². The average molecular weight is 501 g/mol. The summed E-state index contributed by atoms with van der Waals surface area (Å²) in [6, 6.07) is 14.4. The van der Waals surface area contributed by atoms with Gasteiger partial charge in [0.25, 0.3) is 11.8 Å². The average Bonchev–Trinajstić information content (AvgIpc) is 3.24. The van der Waals surface area contributed by atoms with Crippen LogP contribution in [0.25, 0.3) is 6.08 Å². The molecule has 0 aliphatic rings. The van der Waals surface area contributed by atoms with E-state index in [9.17, 15) is 24.6 Å². The van der Waals surface area contributed by atoms with E-state index in [0.717, 1.165) is 5.56 Å². The highest BCUT2D eigenvalue weighted by Crippen LogP contribution is 2.20. The van der Waals surface area contributed by atoms with Crippen molar-refractivity contribution < 1.29 is 24.6 Å². The minimum absolute atomic E-state index is 0.110. The first kappa shape index (κ1) is 22.3. The number of thiophene rings is 1. The van der Waals surface area contributed by atoms with E-state index >= 15 is 0 Å². The first-order valence-electron chi connectivity index (χ1n) is 8.99. The summed E-state index contributed by atoms with van der Waals surface area (Å²) in [5.74, 6) is -2.14. The van der Waals surface area contributed by atoms with Crippen LogP contribution in [0, 0.1) is 0 Å². The zero-order chi connectivity index (χ0) is 22.4. The Morgan fingerprint density at radius 3 is 2.48 bits per heavy atom. The predicted molar refractivity (Wildman–Crippen MR) is 121 cm³/mol. The van der Waals surface area contributed by atoms with Crippen molar-refractivity contribution in [1.82, 2.24) is 10.6 Å². The van der Waals surface area contributed by atoms with Gasteiger partial charge < -0.3 is 20.8 Å². The molecular formula is C22H17BrN2O5S. The maximum absolute atomic E-state index is 12.6. The van der Waals surface area contributed by atoms with Crippen LogP contribution >= 0.6 is 27.3 Å². The standard InChI is InChI=1S/C22H17BrN2O5S/c23-18-10-14(20(27)24-12-13-3-1-4-15(26)9-13)6-7-17(18)21(28)25-19(22(29)30)11-16-5-2-8-31-16/h1-11,26H,12H2,(H,24,27)(H,25,28)(H,29,30)/b19-11-. The van der Waals surface area contributed by atoms with Crippen LogP contribution in [-0.2, 0) is 11.3 Å². The summed E-state index contributed by atoms with van der Waals surface area (Å²) in [6.45, 7) is 0.225. The van der Waals surface area contributed by atoms with E-state index in [1.807, 2.05) is 0 Å².